The number of hydrogen-bond acceptors (Lipinski definition) is 3. The summed E-state index contributed by atoms with van der Waals surface area (Å²) in [7, 11) is 0. The molecule has 1 fully saturated rings. The van der Waals surface area contributed by atoms with Gasteiger partial charge in [0, 0.05) is 25.0 Å². The standard InChI is InChI=1S/C14H21N3O2/c15-9-14(5-2-1-3-6-14)10-17-13(19)11-8-16-7-4-12(11)18/h4,7-8H,1-3,5-6,9-10,15H2,(H,16,18)(H,17,19). The van der Waals surface area contributed by atoms with Crippen molar-refractivity contribution in [2.24, 2.45) is 11.1 Å². The molecule has 19 heavy (non-hydrogen) atoms. The summed E-state index contributed by atoms with van der Waals surface area (Å²) in [5.74, 6) is -0.319. The molecule has 0 spiro atoms. The van der Waals surface area contributed by atoms with Crippen LogP contribution in [0.15, 0.2) is 23.3 Å². The molecule has 0 aliphatic heterocycles. The van der Waals surface area contributed by atoms with Gasteiger partial charge in [-0.2, -0.15) is 0 Å². The van der Waals surface area contributed by atoms with Crippen LogP contribution in [-0.2, 0) is 0 Å². The molecule has 1 aromatic rings. The maximum Gasteiger partial charge on any atom is 0.256 e. The van der Waals surface area contributed by atoms with Gasteiger partial charge in [-0.05, 0) is 24.8 Å². The summed E-state index contributed by atoms with van der Waals surface area (Å²) in [5.41, 5.74) is 5.78. The van der Waals surface area contributed by atoms with E-state index in [1.807, 2.05) is 0 Å². The lowest BCUT2D eigenvalue weighted by atomic mass is 9.74. The lowest BCUT2D eigenvalue weighted by molar-refractivity contribution is 0.0912. The highest BCUT2D eigenvalue weighted by Crippen LogP contribution is 2.34. The summed E-state index contributed by atoms with van der Waals surface area (Å²) in [6.45, 7) is 1.13. The molecule has 0 saturated heterocycles. The van der Waals surface area contributed by atoms with Gasteiger partial charge in [-0.1, -0.05) is 19.3 Å². The van der Waals surface area contributed by atoms with E-state index in [0.29, 0.717) is 13.1 Å². The van der Waals surface area contributed by atoms with E-state index in [0.717, 1.165) is 12.8 Å². The minimum absolute atomic E-state index is 0.00938. The van der Waals surface area contributed by atoms with Crippen molar-refractivity contribution in [1.82, 2.24) is 10.3 Å². The zero-order chi connectivity index (χ0) is 13.7. The molecule has 0 unspecified atom stereocenters. The predicted octanol–water partition coefficient (Wildman–Crippen LogP) is 1.01. The second-order valence-electron chi connectivity index (χ2n) is 5.37. The van der Waals surface area contributed by atoms with Crippen molar-refractivity contribution in [2.45, 2.75) is 32.1 Å². The van der Waals surface area contributed by atoms with Gasteiger partial charge in [-0.15, -0.1) is 0 Å². The van der Waals surface area contributed by atoms with E-state index in [1.54, 1.807) is 0 Å². The van der Waals surface area contributed by atoms with Gasteiger partial charge in [-0.25, -0.2) is 0 Å². The van der Waals surface area contributed by atoms with E-state index in [-0.39, 0.29) is 22.3 Å². The highest BCUT2D eigenvalue weighted by molar-refractivity contribution is 5.93. The summed E-state index contributed by atoms with van der Waals surface area (Å²) in [5, 5.41) is 2.86. The van der Waals surface area contributed by atoms with Crippen LogP contribution in [-0.4, -0.2) is 24.0 Å². The van der Waals surface area contributed by atoms with Gasteiger partial charge < -0.3 is 16.0 Å². The summed E-state index contributed by atoms with van der Waals surface area (Å²) in [6.07, 6.45) is 8.63. The number of amides is 1. The first kappa shape index (κ1) is 13.8. The van der Waals surface area contributed by atoms with E-state index in [4.69, 9.17) is 5.73 Å². The number of aromatic nitrogens is 1. The fraction of sp³-hybridized carbons (Fsp3) is 0.571. The molecule has 4 N–H and O–H groups in total. The van der Waals surface area contributed by atoms with E-state index in [9.17, 15) is 9.59 Å². The minimum Gasteiger partial charge on any atom is -0.367 e. The number of pyridine rings is 1. The molecule has 104 valence electrons. The molecule has 5 heteroatoms. The molecule has 1 aliphatic carbocycles. The number of rotatable bonds is 4. The Bertz CT molecular complexity index is 489. The lowest BCUT2D eigenvalue weighted by Gasteiger charge is -2.36. The van der Waals surface area contributed by atoms with Crippen LogP contribution in [0.2, 0.25) is 0 Å². The normalized spacial score (nSPS) is 17.9. The van der Waals surface area contributed by atoms with Crippen LogP contribution in [0.25, 0.3) is 0 Å². The predicted molar refractivity (Wildman–Crippen MR) is 74.0 cm³/mol. The second-order valence-corrected chi connectivity index (χ2v) is 5.37. The first-order valence-electron chi connectivity index (χ1n) is 6.82. The molecule has 1 aliphatic rings. The Morgan fingerprint density at radius 2 is 2.11 bits per heavy atom. The Kier molecular flexibility index (Phi) is 4.37. The first-order valence-corrected chi connectivity index (χ1v) is 6.82. The minimum atomic E-state index is -0.319. The van der Waals surface area contributed by atoms with Crippen LogP contribution >= 0.6 is 0 Å². The third-order valence-corrected chi connectivity index (χ3v) is 4.04. The zero-order valence-corrected chi connectivity index (χ0v) is 11.1. The van der Waals surface area contributed by atoms with Gasteiger partial charge >= 0.3 is 0 Å². The van der Waals surface area contributed by atoms with E-state index < -0.39 is 0 Å². The van der Waals surface area contributed by atoms with Crippen LogP contribution < -0.4 is 16.5 Å². The van der Waals surface area contributed by atoms with Crippen LogP contribution in [0.3, 0.4) is 0 Å². The van der Waals surface area contributed by atoms with E-state index in [2.05, 4.69) is 10.3 Å². The number of carbonyl (C=O) groups is 1. The molecule has 1 heterocycles. The smallest absolute Gasteiger partial charge is 0.256 e. The van der Waals surface area contributed by atoms with Crippen molar-refractivity contribution < 1.29 is 4.79 Å². The third kappa shape index (κ3) is 3.23. The highest BCUT2D eigenvalue weighted by atomic mass is 16.2. The molecule has 0 aromatic carbocycles. The van der Waals surface area contributed by atoms with Gasteiger partial charge in [0.1, 0.15) is 5.56 Å². The first-order chi connectivity index (χ1) is 9.17. The maximum absolute atomic E-state index is 12.0. The Hall–Kier alpha value is -1.62. The molecule has 1 saturated carbocycles. The molecular formula is C14H21N3O2. The maximum atomic E-state index is 12.0. The van der Waals surface area contributed by atoms with Crippen molar-refractivity contribution >= 4 is 5.91 Å². The van der Waals surface area contributed by atoms with E-state index >= 15 is 0 Å². The number of nitrogens with one attached hydrogen (secondary N) is 2. The molecule has 2 rings (SSSR count). The summed E-state index contributed by atoms with van der Waals surface area (Å²) >= 11 is 0. The number of H-pyrrole nitrogens is 1. The Morgan fingerprint density at radius 3 is 2.74 bits per heavy atom. The quantitative estimate of drug-likeness (QED) is 0.757. The topological polar surface area (TPSA) is 88.0 Å². The highest BCUT2D eigenvalue weighted by Gasteiger charge is 2.31. The monoisotopic (exact) mass is 263 g/mol. The fourth-order valence-electron chi connectivity index (χ4n) is 2.71. The average Bonchev–Trinajstić information content (AvgIpc) is 2.46. The Morgan fingerprint density at radius 1 is 1.37 bits per heavy atom. The zero-order valence-electron chi connectivity index (χ0n) is 11.1. The van der Waals surface area contributed by atoms with E-state index in [1.165, 1.54) is 37.7 Å². The number of carbonyl (C=O) groups excluding carboxylic acids is 1. The largest absolute Gasteiger partial charge is 0.367 e. The SMILES string of the molecule is NCC1(CNC(=O)c2c[nH]ccc2=O)CCCCC1. The molecule has 1 amide bonds. The number of aromatic amines is 1. The van der Waals surface area contributed by atoms with Gasteiger partial charge in [0.15, 0.2) is 5.43 Å². The van der Waals surface area contributed by atoms with Crippen molar-refractivity contribution in [3.8, 4) is 0 Å². The summed E-state index contributed by atoms with van der Waals surface area (Å²) < 4.78 is 0. The second kappa shape index (κ2) is 6.02. The molecule has 5 nitrogen and oxygen atoms in total. The molecule has 0 bridgehead atoms. The molecule has 0 radical (unpaired) electrons. The molecule has 0 atom stereocenters. The summed E-state index contributed by atoms with van der Waals surface area (Å²) in [4.78, 5) is 26.3. The van der Waals surface area contributed by atoms with Gasteiger partial charge in [0.2, 0.25) is 0 Å². The van der Waals surface area contributed by atoms with Crippen LogP contribution in [0.4, 0.5) is 0 Å². The van der Waals surface area contributed by atoms with Crippen LogP contribution in [0.1, 0.15) is 42.5 Å². The molecular weight excluding hydrogens is 242 g/mol. The van der Waals surface area contributed by atoms with Gasteiger partial charge in [0.05, 0.1) is 0 Å². The molecule has 1 aromatic heterocycles. The van der Waals surface area contributed by atoms with Crippen LogP contribution in [0, 0.1) is 5.41 Å². The Balaban J connectivity index is 2.00. The lowest BCUT2D eigenvalue weighted by Crippen LogP contribution is -2.44. The summed E-state index contributed by atoms with van der Waals surface area (Å²) in [6, 6.07) is 1.36. The average molecular weight is 263 g/mol. The van der Waals surface area contributed by atoms with Crippen LogP contribution in [0.5, 0.6) is 0 Å². The van der Waals surface area contributed by atoms with Crippen molar-refractivity contribution in [3.05, 3.63) is 34.2 Å². The third-order valence-electron chi connectivity index (χ3n) is 4.04. The Labute approximate surface area is 112 Å². The number of nitrogens with two attached hydrogens (primary N) is 1. The van der Waals surface area contributed by atoms with Crippen molar-refractivity contribution in [2.75, 3.05) is 13.1 Å². The van der Waals surface area contributed by atoms with Gasteiger partial charge in [-0.3, -0.25) is 9.59 Å². The van der Waals surface area contributed by atoms with Crippen molar-refractivity contribution in [1.29, 1.82) is 0 Å². The van der Waals surface area contributed by atoms with Gasteiger partial charge in [0.25, 0.3) is 5.91 Å². The number of hydrogen-bond donors (Lipinski definition) is 3. The van der Waals surface area contributed by atoms with Crippen molar-refractivity contribution in [3.63, 3.8) is 0 Å². The fourth-order valence-corrected chi connectivity index (χ4v) is 2.71.